The maximum absolute atomic E-state index is 13.5. The second kappa shape index (κ2) is 18.5. The van der Waals surface area contributed by atoms with Crippen molar-refractivity contribution in [2.75, 3.05) is 59.1 Å². The molecule has 1 aliphatic heterocycles. The molecule has 1 saturated carbocycles. The SMILES string of the molecule is C[C@@H](c1ccc(S(=O)(=O)c2cccc(OCCCOCCCNC[C@H](O)c3ccc(O)c4[nH]c(=O)ccc34)c2)cc1)N1CCN(C2CCCCC2)CC1. The highest BCUT2D eigenvalue weighted by Gasteiger charge is 2.28. The van der Waals surface area contributed by atoms with E-state index in [0.29, 0.717) is 61.5 Å². The molecule has 1 aliphatic carbocycles. The Kier molecular flexibility index (Phi) is 13.6. The number of piperazine rings is 1. The van der Waals surface area contributed by atoms with Crippen molar-refractivity contribution in [1.82, 2.24) is 20.1 Å². The molecule has 2 heterocycles. The number of fused-ring (bicyclic) bond motifs is 1. The first-order valence-electron chi connectivity index (χ1n) is 19.1. The van der Waals surface area contributed by atoms with Crippen molar-refractivity contribution < 1.29 is 28.1 Å². The highest BCUT2D eigenvalue weighted by molar-refractivity contribution is 7.91. The first-order chi connectivity index (χ1) is 25.7. The Morgan fingerprint density at radius 2 is 1.64 bits per heavy atom. The predicted molar refractivity (Wildman–Crippen MR) is 206 cm³/mol. The average molecular weight is 747 g/mol. The third kappa shape index (κ3) is 10.1. The number of hydrogen-bond acceptors (Lipinski definition) is 10. The molecule has 0 amide bonds. The van der Waals surface area contributed by atoms with Crippen LogP contribution in [0.15, 0.2) is 87.4 Å². The van der Waals surface area contributed by atoms with Crippen LogP contribution >= 0.6 is 0 Å². The Bertz CT molecular complexity index is 1940. The van der Waals surface area contributed by atoms with E-state index in [2.05, 4.69) is 27.0 Å². The van der Waals surface area contributed by atoms with E-state index in [4.69, 9.17) is 9.47 Å². The lowest BCUT2D eigenvalue weighted by Crippen LogP contribution is -2.51. The molecule has 3 aromatic carbocycles. The van der Waals surface area contributed by atoms with Crippen LogP contribution in [0.3, 0.4) is 0 Å². The fraction of sp³-hybridized carbons (Fsp3) is 0.488. The first-order valence-corrected chi connectivity index (χ1v) is 20.6. The summed E-state index contributed by atoms with van der Waals surface area (Å²) in [4.78, 5) is 19.9. The molecule has 4 aromatic rings. The molecule has 4 N–H and O–H groups in total. The second-order valence-electron chi connectivity index (χ2n) is 14.3. The Balaban J connectivity index is 0.879. The monoisotopic (exact) mass is 746 g/mol. The number of benzene rings is 3. The third-order valence-electron chi connectivity index (χ3n) is 10.7. The van der Waals surface area contributed by atoms with Gasteiger partial charge in [0.2, 0.25) is 15.4 Å². The Hall–Kier alpha value is -3.78. The zero-order chi connectivity index (χ0) is 37.2. The van der Waals surface area contributed by atoms with E-state index in [1.165, 1.54) is 44.2 Å². The van der Waals surface area contributed by atoms with Gasteiger partial charge in [-0.2, -0.15) is 0 Å². The van der Waals surface area contributed by atoms with E-state index in [1.807, 2.05) is 12.1 Å². The number of phenolic OH excluding ortho intramolecular Hbond substituents is 1. The van der Waals surface area contributed by atoms with Crippen LogP contribution in [0.4, 0.5) is 0 Å². The summed E-state index contributed by atoms with van der Waals surface area (Å²) in [6.07, 6.45) is 7.34. The van der Waals surface area contributed by atoms with Gasteiger partial charge in [-0.15, -0.1) is 0 Å². The largest absolute Gasteiger partial charge is 0.506 e. The number of rotatable bonds is 17. The molecule has 2 atom stereocenters. The predicted octanol–water partition coefficient (Wildman–Crippen LogP) is 5.58. The summed E-state index contributed by atoms with van der Waals surface area (Å²) < 4.78 is 38.7. The number of nitrogens with one attached hydrogen (secondary N) is 2. The lowest BCUT2D eigenvalue weighted by molar-refractivity contribution is 0.0602. The normalized spacial score (nSPS) is 17.5. The van der Waals surface area contributed by atoms with Crippen LogP contribution in [0, 0.1) is 0 Å². The Morgan fingerprint density at radius 1 is 0.887 bits per heavy atom. The molecule has 11 nitrogen and oxygen atoms in total. The molecule has 1 aromatic heterocycles. The van der Waals surface area contributed by atoms with Crippen LogP contribution in [-0.4, -0.2) is 98.5 Å². The quantitative estimate of drug-likeness (QED) is 0.101. The molecule has 2 fully saturated rings. The molecule has 2 aliphatic rings. The van der Waals surface area contributed by atoms with Gasteiger partial charge in [-0.05, 0) is 86.3 Å². The van der Waals surface area contributed by atoms with Gasteiger partial charge in [0.05, 0.1) is 28.0 Å². The summed E-state index contributed by atoms with van der Waals surface area (Å²) >= 11 is 0. The fourth-order valence-electron chi connectivity index (χ4n) is 7.59. The molecule has 1 saturated heterocycles. The van der Waals surface area contributed by atoms with Crippen molar-refractivity contribution in [3.05, 3.63) is 94.3 Å². The zero-order valence-corrected chi connectivity index (χ0v) is 31.5. The summed E-state index contributed by atoms with van der Waals surface area (Å²) in [6.45, 7) is 8.87. The number of phenols is 1. The smallest absolute Gasteiger partial charge is 0.248 e. The maximum Gasteiger partial charge on any atom is 0.248 e. The number of aliphatic hydroxyl groups excluding tert-OH is 1. The maximum atomic E-state index is 13.5. The molecule has 0 bridgehead atoms. The summed E-state index contributed by atoms with van der Waals surface area (Å²) in [7, 11) is -3.70. The van der Waals surface area contributed by atoms with Crippen molar-refractivity contribution in [2.24, 2.45) is 0 Å². The molecule has 286 valence electrons. The lowest BCUT2D eigenvalue weighted by Gasteiger charge is -2.42. The number of ether oxygens (including phenoxy) is 2. The van der Waals surface area contributed by atoms with Crippen molar-refractivity contribution in [3.8, 4) is 11.5 Å². The van der Waals surface area contributed by atoms with Gasteiger partial charge in [0.25, 0.3) is 0 Å². The average Bonchev–Trinajstić information content (AvgIpc) is 3.19. The summed E-state index contributed by atoms with van der Waals surface area (Å²) in [5.41, 5.74) is 1.74. The van der Waals surface area contributed by atoms with E-state index >= 15 is 0 Å². The van der Waals surface area contributed by atoms with Crippen molar-refractivity contribution in [3.63, 3.8) is 0 Å². The number of hydrogen-bond donors (Lipinski definition) is 4. The number of aromatic nitrogens is 1. The van der Waals surface area contributed by atoms with Crippen molar-refractivity contribution in [1.29, 1.82) is 0 Å². The van der Waals surface area contributed by atoms with E-state index in [0.717, 1.165) is 44.2 Å². The van der Waals surface area contributed by atoms with Crippen LogP contribution in [0.5, 0.6) is 11.5 Å². The molecular formula is C41H54N4O7S. The van der Waals surface area contributed by atoms with Gasteiger partial charge in [0.1, 0.15) is 11.5 Å². The van der Waals surface area contributed by atoms with Crippen LogP contribution in [-0.2, 0) is 14.6 Å². The van der Waals surface area contributed by atoms with E-state index in [9.17, 15) is 23.4 Å². The van der Waals surface area contributed by atoms with Gasteiger partial charge in [-0.25, -0.2) is 8.42 Å². The fourth-order valence-corrected chi connectivity index (χ4v) is 8.89. The number of aliphatic hydroxyl groups is 1. The molecule has 0 radical (unpaired) electrons. The summed E-state index contributed by atoms with van der Waals surface area (Å²) in [5, 5.41) is 24.6. The molecule has 0 unspecified atom stereocenters. The zero-order valence-electron chi connectivity index (χ0n) is 30.7. The topological polar surface area (TPSA) is 144 Å². The van der Waals surface area contributed by atoms with Gasteiger partial charge in [-0.1, -0.05) is 43.5 Å². The number of sulfone groups is 1. The molecule has 12 heteroatoms. The lowest BCUT2D eigenvalue weighted by atomic mass is 9.93. The standard InChI is InChI=1S/C41H54N4O7S/c1-30(44-21-23-45(24-22-44)32-8-3-2-4-9-32)31-12-14-34(15-13-31)53(49,50)35-11-5-10-33(28-35)52-27-7-26-51-25-6-20-42-29-39(47)36-16-18-38(46)41-37(36)17-19-40(48)43-41/h5,10-19,28,30,32,39,42,46-47H,2-4,6-9,20-27,29H2,1H3,(H,43,48)/t30-,39-/m0/s1. The van der Waals surface area contributed by atoms with E-state index < -0.39 is 15.9 Å². The highest BCUT2D eigenvalue weighted by atomic mass is 32.2. The molecule has 6 rings (SSSR count). The van der Waals surface area contributed by atoms with Crippen LogP contribution < -0.4 is 15.6 Å². The van der Waals surface area contributed by atoms with E-state index in [1.54, 1.807) is 48.5 Å². The number of nitrogens with zero attached hydrogens (tertiary/aromatic N) is 2. The van der Waals surface area contributed by atoms with Crippen LogP contribution in [0.1, 0.15) is 75.1 Å². The van der Waals surface area contributed by atoms with Gasteiger partial charge < -0.3 is 30.0 Å². The first kappa shape index (κ1) is 38.9. The minimum Gasteiger partial charge on any atom is -0.506 e. The van der Waals surface area contributed by atoms with Crippen molar-refractivity contribution in [2.45, 2.75) is 79.8 Å². The second-order valence-corrected chi connectivity index (χ2v) is 16.2. The number of aromatic amines is 1. The van der Waals surface area contributed by atoms with Crippen molar-refractivity contribution >= 4 is 20.7 Å². The van der Waals surface area contributed by atoms with Gasteiger partial charge in [-0.3, -0.25) is 14.6 Å². The minimum atomic E-state index is -3.70. The van der Waals surface area contributed by atoms with Gasteiger partial charge in [0.15, 0.2) is 0 Å². The number of H-pyrrole nitrogens is 1. The third-order valence-corrected chi connectivity index (χ3v) is 12.5. The number of pyridine rings is 1. The summed E-state index contributed by atoms with van der Waals surface area (Å²) in [5.74, 6) is 0.458. The number of aromatic hydroxyl groups is 1. The highest BCUT2D eigenvalue weighted by Crippen LogP contribution is 2.30. The Labute approximate surface area is 312 Å². The molecule has 0 spiro atoms. The summed E-state index contributed by atoms with van der Waals surface area (Å²) in [6, 6.07) is 21.1. The van der Waals surface area contributed by atoms with Gasteiger partial charge >= 0.3 is 0 Å². The van der Waals surface area contributed by atoms with Crippen LogP contribution in [0.25, 0.3) is 10.9 Å². The molecular weight excluding hydrogens is 693 g/mol. The van der Waals surface area contributed by atoms with E-state index in [-0.39, 0.29) is 27.1 Å². The minimum absolute atomic E-state index is 0.0409. The Morgan fingerprint density at radius 3 is 2.42 bits per heavy atom. The van der Waals surface area contributed by atoms with Crippen LogP contribution in [0.2, 0.25) is 0 Å². The van der Waals surface area contributed by atoms with Gasteiger partial charge in [0, 0.05) is 75.9 Å². The molecule has 53 heavy (non-hydrogen) atoms.